The Balaban J connectivity index is 2.15. The number of ether oxygens (including phenoxy) is 1. The zero-order chi connectivity index (χ0) is 21.5. The van der Waals surface area contributed by atoms with E-state index in [9.17, 15) is 14.4 Å². The maximum Gasteiger partial charge on any atom is 0.378 e. The zero-order valence-corrected chi connectivity index (χ0v) is 19.7. The number of hydrogen-bond donors (Lipinski definition) is 0. The van der Waals surface area contributed by atoms with Crippen LogP contribution in [-0.4, -0.2) is 74.4 Å². The van der Waals surface area contributed by atoms with Gasteiger partial charge in [-0.3, -0.25) is 14.4 Å². The van der Waals surface area contributed by atoms with Crippen molar-refractivity contribution < 1.29 is 28.2 Å². The molecule has 2 heterocycles. The zero-order valence-electron chi connectivity index (χ0n) is 17.1. The van der Waals surface area contributed by atoms with E-state index in [0.29, 0.717) is 6.61 Å². The standard InChI is InChI=1S/C17H27BClNO6SSi/c1-16(2,3)28(5,6)25-8-10-13(22)20-12(15(23)26-18)17(4,27-14(10)20)9-24-11(21)7-19/h10,12,14H,7-9H2,1-6H3/t10-,12?,14?,17+/m1/s1. The van der Waals surface area contributed by atoms with Gasteiger partial charge in [0.25, 0.3) is 0 Å². The van der Waals surface area contributed by atoms with E-state index in [2.05, 4.69) is 38.5 Å². The molecule has 28 heavy (non-hydrogen) atoms. The summed E-state index contributed by atoms with van der Waals surface area (Å²) in [5, 5.41) is -0.237. The van der Waals surface area contributed by atoms with Crippen LogP contribution in [0.4, 0.5) is 0 Å². The highest BCUT2D eigenvalue weighted by atomic mass is 35.5. The van der Waals surface area contributed by atoms with Crippen molar-refractivity contribution in [1.82, 2.24) is 4.90 Å². The van der Waals surface area contributed by atoms with Gasteiger partial charge in [0.2, 0.25) is 5.91 Å². The van der Waals surface area contributed by atoms with Crippen molar-refractivity contribution in [3.63, 3.8) is 0 Å². The number of nitrogens with zero attached hydrogens (tertiary/aromatic N) is 1. The lowest BCUT2D eigenvalue weighted by Crippen LogP contribution is -2.65. The number of fused-ring (bicyclic) bond motifs is 1. The Morgan fingerprint density at radius 1 is 1.36 bits per heavy atom. The maximum atomic E-state index is 12.8. The highest BCUT2D eigenvalue weighted by Gasteiger charge is 2.66. The summed E-state index contributed by atoms with van der Waals surface area (Å²) in [4.78, 5) is 38.0. The van der Waals surface area contributed by atoms with Crippen molar-refractivity contribution in [2.75, 3.05) is 19.1 Å². The molecule has 0 aromatic rings. The summed E-state index contributed by atoms with van der Waals surface area (Å²) in [5.74, 6) is -2.17. The first kappa shape index (κ1) is 23.6. The number of thioether (sulfide) groups is 1. The lowest BCUT2D eigenvalue weighted by atomic mass is 9.91. The van der Waals surface area contributed by atoms with Crippen LogP contribution in [0.15, 0.2) is 0 Å². The Morgan fingerprint density at radius 2 is 1.96 bits per heavy atom. The molecule has 2 unspecified atom stereocenters. The second kappa shape index (κ2) is 8.20. The minimum atomic E-state index is -2.02. The fraction of sp³-hybridized carbons (Fsp3) is 0.824. The average Bonchev–Trinajstić information content (AvgIpc) is 2.88. The van der Waals surface area contributed by atoms with Crippen molar-refractivity contribution in [3.8, 4) is 0 Å². The number of hydrogen-bond acceptors (Lipinski definition) is 7. The second-order valence-electron chi connectivity index (χ2n) is 8.88. The van der Waals surface area contributed by atoms with Gasteiger partial charge in [0, 0.05) is 6.61 Å². The van der Waals surface area contributed by atoms with Gasteiger partial charge in [-0.15, -0.1) is 23.4 Å². The molecular weight excluding hydrogens is 421 g/mol. The average molecular weight is 448 g/mol. The topological polar surface area (TPSA) is 82.1 Å². The Labute approximate surface area is 177 Å². The Morgan fingerprint density at radius 3 is 2.46 bits per heavy atom. The normalized spacial score (nSPS) is 29.9. The number of rotatable bonds is 7. The number of carbonyl (C=O) groups is 3. The molecule has 0 bridgehead atoms. The summed E-state index contributed by atoms with van der Waals surface area (Å²) in [6.45, 7) is 12.6. The third-order valence-electron chi connectivity index (χ3n) is 5.83. The van der Waals surface area contributed by atoms with E-state index in [0.717, 1.165) is 0 Å². The summed E-state index contributed by atoms with van der Waals surface area (Å²) in [6, 6.07) is -0.938. The monoisotopic (exact) mass is 447 g/mol. The first-order valence-electron chi connectivity index (χ1n) is 9.05. The van der Waals surface area contributed by atoms with Gasteiger partial charge in [0.05, 0.1) is 16.0 Å². The van der Waals surface area contributed by atoms with Crippen LogP contribution in [-0.2, 0) is 28.2 Å². The minimum Gasteiger partial charge on any atom is -0.542 e. The molecule has 156 valence electrons. The third kappa shape index (κ3) is 4.25. The molecular formula is C17H27BClNO6SSi. The first-order valence-corrected chi connectivity index (χ1v) is 13.4. The largest absolute Gasteiger partial charge is 0.542 e. The van der Waals surface area contributed by atoms with Crippen molar-refractivity contribution >= 4 is 57.6 Å². The van der Waals surface area contributed by atoms with Crippen molar-refractivity contribution in [3.05, 3.63) is 0 Å². The molecule has 0 aromatic heterocycles. The smallest absolute Gasteiger partial charge is 0.378 e. The molecule has 2 aliphatic heterocycles. The van der Waals surface area contributed by atoms with Gasteiger partial charge >= 0.3 is 20.0 Å². The van der Waals surface area contributed by atoms with Crippen LogP contribution in [0.3, 0.4) is 0 Å². The summed E-state index contributed by atoms with van der Waals surface area (Å²) in [7, 11) is 3.07. The van der Waals surface area contributed by atoms with Crippen molar-refractivity contribution in [2.24, 2.45) is 5.92 Å². The van der Waals surface area contributed by atoms with E-state index in [-0.39, 0.29) is 34.7 Å². The summed E-state index contributed by atoms with van der Waals surface area (Å²) in [5.41, 5.74) is 0. The van der Waals surface area contributed by atoms with Crippen LogP contribution in [0.2, 0.25) is 18.1 Å². The molecule has 1 amide bonds. The second-order valence-corrected chi connectivity index (χ2v) is 15.6. The van der Waals surface area contributed by atoms with Crippen molar-refractivity contribution in [1.29, 1.82) is 0 Å². The van der Waals surface area contributed by atoms with Crippen LogP contribution in [0.1, 0.15) is 27.7 Å². The van der Waals surface area contributed by atoms with Crippen LogP contribution < -0.4 is 0 Å². The molecule has 7 nitrogen and oxygen atoms in total. The van der Waals surface area contributed by atoms with Gasteiger partial charge in [-0.1, -0.05) is 20.8 Å². The maximum absolute atomic E-state index is 12.8. The Hall–Kier alpha value is -0.708. The van der Waals surface area contributed by atoms with Gasteiger partial charge in [0.1, 0.15) is 18.5 Å². The van der Waals surface area contributed by atoms with Crippen molar-refractivity contribution in [2.45, 2.75) is 62.0 Å². The molecule has 0 saturated carbocycles. The number of β-lactam (4-membered cyclic amide) rings is 1. The molecule has 2 radical (unpaired) electrons. The molecule has 0 aliphatic carbocycles. The highest BCUT2D eigenvalue weighted by Crippen LogP contribution is 2.54. The van der Waals surface area contributed by atoms with Crippen LogP contribution in [0.5, 0.6) is 0 Å². The molecule has 2 aliphatic rings. The van der Waals surface area contributed by atoms with E-state index < -0.39 is 31.0 Å². The van der Waals surface area contributed by atoms with Crippen LogP contribution in [0, 0.1) is 5.92 Å². The molecule has 4 atom stereocenters. The predicted molar refractivity (Wildman–Crippen MR) is 111 cm³/mol. The van der Waals surface area contributed by atoms with Gasteiger partial charge in [-0.25, -0.2) is 0 Å². The summed E-state index contributed by atoms with van der Waals surface area (Å²) in [6.07, 6.45) is 0. The lowest BCUT2D eigenvalue weighted by Gasteiger charge is -2.45. The minimum absolute atomic E-state index is 0.0263. The van der Waals surface area contributed by atoms with E-state index in [1.54, 1.807) is 6.92 Å². The third-order valence-corrected chi connectivity index (χ3v) is 12.2. The highest BCUT2D eigenvalue weighted by molar-refractivity contribution is 8.01. The van der Waals surface area contributed by atoms with Gasteiger partial charge in [-0.2, -0.15) is 0 Å². The quantitative estimate of drug-likeness (QED) is 0.256. The van der Waals surface area contributed by atoms with Crippen LogP contribution >= 0.6 is 23.4 Å². The first-order chi connectivity index (χ1) is 12.8. The van der Waals surface area contributed by atoms with E-state index in [1.807, 2.05) is 0 Å². The molecule has 0 aromatic carbocycles. The number of carbonyl (C=O) groups excluding carboxylic acids is 3. The fourth-order valence-electron chi connectivity index (χ4n) is 3.07. The SMILES string of the molecule is [B]OC(=O)C1N2C(=O)[C@@H](CO[Si](C)(C)C(C)(C)C)C2S[C@@]1(C)COC(=O)CCl. The molecule has 0 N–H and O–H groups in total. The molecule has 2 fully saturated rings. The van der Waals surface area contributed by atoms with Gasteiger partial charge in [0.15, 0.2) is 8.32 Å². The molecule has 2 saturated heterocycles. The Bertz CT molecular complexity index is 660. The number of halogens is 1. The van der Waals surface area contributed by atoms with E-state index >= 15 is 0 Å². The number of esters is 1. The Kier molecular flexibility index (Phi) is 6.90. The van der Waals surface area contributed by atoms with E-state index in [1.165, 1.54) is 16.7 Å². The summed E-state index contributed by atoms with van der Waals surface area (Å²) < 4.78 is 14.9. The fourth-order valence-corrected chi connectivity index (χ4v) is 5.89. The number of alkyl halides is 1. The van der Waals surface area contributed by atoms with Crippen LogP contribution in [0.25, 0.3) is 0 Å². The van der Waals surface area contributed by atoms with E-state index in [4.69, 9.17) is 28.8 Å². The molecule has 11 heteroatoms. The van der Waals surface area contributed by atoms with Gasteiger partial charge < -0.3 is 18.7 Å². The van der Waals surface area contributed by atoms with Gasteiger partial charge in [-0.05, 0) is 25.1 Å². The predicted octanol–water partition coefficient (Wildman–Crippen LogP) is 2.08. The lowest BCUT2D eigenvalue weighted by molar-refractivity contribution is -0.164. The summed E-state index contributed by atoms with van der Waals surface area (Å²) >= 11 is 6.88. The molecule has 2 rings (SSSR count). The number of amides is 1. The molecule has 0 spiro atoms.